The zero-order valence-corrected chi connectivity index (χ0v) is 14.2. The third-order valence-electron chi connectivity index (χ3n) is 4.09. The average Bonchev–Trinajstić information content (AvgIpc) is 2.60. The molecule has 1 aromatic carbocycles. The van der Waals surface area contributed by atoms with Crippen LogP contribution in [0.3, 0.4) is 0 Å². The van der Waals surface area contributed by atoms with Crippen LogP contribution in [0, 0.1) is 0 Å². The Morgan fingerprint density at radius 3 is 2.48 bits per heavy atom. The average molecular weight is 356 g/mol. The van der Waals surface area contributed by atoms with Crippen LogP contribution in [0.2, 0.25) is 0 Å². The zero-order valence-electron chi connectivity index (χ0n) is 14.2. The summed E-state index contributed by atoms with van der Waals surface area (Å²) in [7, 11) is 1.45. The molecule has 1 aromatic rings. The molecule has 1 aliphatic rings. The predicted octanol–water partition coefficient (Wildman–Crippen LogP) is -0.605. The number of ether oxygens (including phenoxy) is 3. The number of aryl methyl sites for hydroxylation is 1. The summed E-state index contributed by atoms with van der Waals surface area (Å²) in [6, 6.07) is 5.07. The van der Waals surface area contributed by atoms with Gasteiger partial charge in [0, 0.05) is 6.42 Å². The number of ketones is 1. The number of aliphatic hydroxyl groups excluding tert-OH is 4. The molecule has 0 aromatic heterocycles. The van der Waals surface area contributed by atoms with Crippen molar-refractivity contribution in [2.24, 2.45) is 0 Å². The lowest BCUT2D eigenvalue weighted by Crippen LogP contribution is -2.60. The summed E-state index contributed by atoms with van der Waals surface area (Å²) in [5.74, 6) is 0.719. The Kier molecular flexibility index (Phi) is 6.74. The van der Waals surface area contributed by atoms with Gasteiger partial charge < -0.3 is 39.4 Å². The van der Waals surface area contributed by atoms with Gasteiger partial charge in [-0.05, 0) is 31.0 Å². The fourth-order valence-electron chi connectivity index (χ4n) is 2.58. The molecule has 8 nitrogen and oxygen atoms in total. The fourth-order valence-corrected chi connectivity index (χ4v) is 2.58. The van der Waals surface area contributed by atoms with Gasteiger partial charge in [-0.3, -0.25) is 0 Å². The van der Waals surface area contributed by atoms with E-state index in [1.165, 1.54) is 14.0 Å². The Balaban J connectivity index is 2.14. The maximum absolute atomic E-state index is 11.1. The number of carbonyl (C=O) groups excluding carboxylic acids is 1. The van der Waals surface area contributed by atoms with Gasteiger partial charge in [-0.1, -0.05) is 6.07 Å². The highest BCUT2D eigenvalue weighted by molar-refractivity contribution is 5.75. The van der Waals surface area contributed by atoms with E-state index in [4.69, 9.17) is 14.2 Å². The van der Waals surface area contributed by atoms with Crippen molar-refractivity contribution in [1.29, 1.82) is 0 Å². The molecule has 0 saturated carbocycles. The third-order valence-corrected chi connectivity index (χ3v) is 4.09. The topological polar surface area (TPSA) is 126 Å². The Morgan fingerprint density at radius 2 is 1.88 bits per heavy atom. The molecule has 0 aliphatic carbocycles. The van der Waals surface area contributed by atoms with E-state index in [2.05, 4.69) is 0 Å². The van der Waals surface area contributed by atoms with Crippen LogP contribution in [0.25, 0.3) is 0 Å². The van der Waals surface area contributed by atoms with Gasteiger partial charge in [0.15, 0.2) is 11.5 Å². The first kappa shape index (κ1) is 19.6. The van der Waals surface area contributed by atoms with Crippen LogP contribution >= 0.6 is 0 Å². The number of aliphatic hydroxyl groups is 4. The molecular formula is C17H24O8. The number of methoxy groups -OCH3 is 1. The lowest BCUT2D eigenvalue weighted by atomic mass is 9.99. The second-order valence-corrected chi connectivity index (χ2v) is 6.00. The number of rotatable bonds is 7. The highest BCUT2D eigenvalue weighted by atomic mass is 16.7. The van der Waals surface area contributed by atoms with E-state index in [-0.39, 0.29) is 11.5 Å². The van der Waals surface area contributed by atoms with Crippen molar-refractivity contribution < 1.29 is 39.4 Å². The molecule has 0 spiro atoms. The van der Waals surface area contributed by atoms with Crippen LogP contribution in [0.15, 0.2) is 18.2 Å². The molecule has 0 bridgehead atoms. The number of hydrogen-bond donors (Lipinski definition) is 4. The summed E-state index contributed by atoms with van der Waals surface area (Å²) >= 11 is 0. The summed E-state index contributed by atoms with van der Waals surface area (Å²) in [4.78, 5) is 11.1. The van der Waals surface area contributed by atoms with Crippen molar-refractivity contribution in [2.75, 3.05) is 13.7 Å². The van der Waals surface area contributed by atoms with Gasteiger partial charge in [0.05, 0.1) is 13.7 Å². The first-order valence-electron chi connectivity index (χ1n) is 8.01. The molecule has 1 fully saturated rings. The first-order chi connectivity index (χ1) is 11.9. The molecule has 0 radical (unpaired) electrons. The van der Waals surface area contributed by atoms with E-state index in [0.717, 1.165) is 5.56 Å². The molecule has 0 amide bonds. The van der Waals surface area contributed by atoms with Crippen LogP contribution in [-0.4, -0.2) is 70.6 Å². The van der Waals surface area contributed by atoms with Crippen LogP contribution < -0.4 is 9.47 Å². The number of benzene rings is 1. The minimum Gasteiger partial charge on any atom is -0.493 e. The molecule has 140 valence electrons. The maximum atomic E-state index is 11.1. The lowest BCUT2D eigenvalue weighted by Gasteiger charge is -2.39. The van der Waals surface area contributed by atoms with Crippen molar-refractivity contribution in [2.45, 2.75) is 50.5 Å². The number of carbonyl (C=O) groups is 1. The van der Waals surface area contributed by atoms with Gasteiger partial charge in [0.2, 0.25) is 6.29 Å². The summed E-state index contributed by atoms with van der Waals surface area (Å²) in [6.45, 7) is 0.986. The molecule has 1 aliphatic heterocycles. The fraction of sp³-hybridized carbons (Fsp3) is 0.588. The standard InChI is InChI=1S/C17H24O8/c1-9(19)3-4-10-5-6-11(12(7-10)23-2)24-17-16(22)15(21)14(20)13(8-18)25-17/h5-7,13-18,20-22H,3-4,8H2,1-2H3. The maximum Gasteiger partial charge on any atom is 0.229 e. The van der Waals surface area contributed by atoms with Crippen molar-refractivity contribution in [3.05, 3.63) is 23.8 Å². The van der Waals surface area contributed by atoms with E-state index in [1.54, 1.807) is 18.2 Å². The highest BCUT2D eigenvalue weighted by Gasteiger charge is 2.44. The van der Waals surface area contributed by atoms with Crippen molar-refractivity contribution in [3.63, 3.8) is 0 Å². The molecule has 25 heavy (non-hydrogen) atoms. The van der Waals surface area contributed by atoms with E-state index >= 15 is 0 Å². The van der Waals surface area contributed by atoms with E-state index in [1.807, 2.05) is 0 Å². The molecule has 8 heteroatoms. The Bertz CT molecular complexity index is 588. The Morgan fingerprint density at radius 1 is 1.16 bits per heavy atom. The van der Waals surface area contributed by atoms with Gasteiger partial charge in [0.25, 0.3) is 0 Å². The van der Waals surface area contributed by atoms with Crippen LogP contribution in [0.4, 0.5) is 0 Å². The smallest absolute Gasteiger partial charge is 0.229 e. The van der Waals surface area contributed by atoms with Crippen molar-refractivity contribution >= 4 is 5.78 Å². The SMILES string of the molecule is COc1cc(CCC(C)=O)ccc1OC1OC(CO)C(O)C(O)C1O. The molecule has 2 rings (SSSR count). The number of hydrogen-bond acceptors (Lipinski definition) is 8. The van der Waals surface area contributed by atoms with Gasteiger partial charge in [-0.15, -0.1) is 0 Å². The van der Waals surface area contributed by atoms with Gasteiger partial charge in [-0.2, -0.15) is 0 Å². The summed E-state index contributed by atoms with van der Waals surface area (Å²) < 4.78 is 16.1. The largest absolute Gasteiger partial charge is 0.493 e. The van der Waals surface area contributed by atoms with Gasteiger partial charge >= 0.3 is 0 Å². The summed E-state index contributed by atoms with van der Waals surface area (Å²) in [6.07, 6.45) is -5.83. The highest BCUT2D eigenvalue weighted by Crippen LogP contribution is 2.32. The van der Waals surface area contributed by atoms with E-state index in [0.29, 0.717) is 18.6 Å². The molecule has 1 saturated heterocycles. The number of Topliss-reactive ketones (excluding diaryl/α,β-unsaturated/α-hetero) is 1. The first-order valence-corrected chi connectivity index (χ1v) is 8.01. The Labute approximate surface area is 145 Å². The Hall–Kier alpha value is -1.71. The molecule has 4 N–H and O–H groups in total. The summed E-state index contributed by atoms with van der Waals surface area (Å²) in [5.41, 5.74) is 0.883. The normalized spacial score (nSPS) is 29.3. The molecule has 5 atom stereocenters. The molecule has 5 unspecified atom stereocenters. The molecule has 1 heterocycles. The van der Waals surface area contributed by atoms with E-state index in [9.17, 15) is 25.2 Å². The minimum atomic E-state index is -1.52. The van der Waals surface area contributed by atoms with Crippen LogP contribution in [0.1, 0.15) is 18.9 Å². The monoisotopic (exact) mass is 356 g/mol. The van der Waals surface area contributed by atoms with Crippen molar-refractivity contribution in [3.8, 4) is 11.5 Å². The summed E-state index contributed by atoms with van der Waals surface area (Å²) in [5, 5.41) is 38.8. The zero-order chi connectivity index (χ0) is 18.6. The van der Waals surface area contributed by atoms with Crippen molar-refractivity contribution in [1.82, 2.24) is 0 Å². The predicted molar refractivity (Wildman–Crippen MR) is 86.4 cm³/mol. The van der Waals surface area contributed by atoms with E-state index < -0.39 is 37.3 Å². The molecular weight excluding hydrogens is 332 g/mol. The van der Waals surface area contributed by atoms with Crippen LogP contribution in [-0.2, 0) is 16.0 Å². The second kappa shape index (κ2) is 8.59. The van der Waals surface area contributed by atoms with Gasteiger partial charge in [0.1, 0.15) is 30.2 Å². The third kappa shape index (κ3) is 4.68. The quantitative estimate of drug-likeness (QED) is 0.510. The lowest BCUT2D eigenvalue weighted by molar-refractivity contribution is -0.277. The van der Waals surface area contributed by atoms with Gasteiger partial charge in [-0.25, -0.2) is 0 Å². The minimum absolute atomic E-state index is 0.0839. The second-order valence-electron chi connectivity index (χ2n) is 6.00. The van der Waals surface area contributed by atoms with Crippen LogP contribution in [0.5, 0.6) is 11.5 Å².